The first-order valence-corrected chi connectivity index (χ1v) is 8.93. The Kier molecular flexibility index (Phi) is 4.95. The van der Waals surface area contributed by atoms with Crippen molar-refractivity contribution in [2.24, 2.45) is 7.05 Å². The second-order valence-corrected chi connectivity index (χ2v) is 7.27. The van der Waals surface area contributed by atoms with Crippen molar-refractivity contribution in [1.29, 1.82) is 0 Å². The molecule has 0 aliphatic heterocycles. The molecule has 0 bridgehead atoms. The molecule has 0 fully saturated rings. The van der Waals surface area contributed by atoms with E-state index in [0.717, 1.165) is 33.6 Å². The van der Waals surface area contributed by atoms with Crippen molar-refractivity contribution in [2.75, 3.05) is 5.32 Å². The van der Waals surface area contributed by atoms with E-state index in [4.69, 9.17) is 11.6 Å². The number of anilines is 2. The topological polar surface area (TPSA) is 29.9 Å². The van der Waals surface area contributed by atoms with Gasteiger partial charge in [0.1, 0.15) is 11.6 Å². The fourth-order valence-corrected chi connectivity index (χ4v) is 3.82. The highest BCUT2D eigenvalue weighted by Gasteiger charge is 2.19. The molecule has 1 aromatic heterocycles. The number of para-hydroxylation sites is 1. The maximum atomic E-state index is 13.4. The van der Waals surface area contributed by atoms with Gasteiger partial charge in [0.25, 0.3) is 0 Å². The number of aryl methyl sites for hydroxylation is 2. The van der Waals surface area contributed by atoms with E-state index in [-0.39, 0.29) is 5.82 Å². The number of nitrogens with zero attached hydrogens (tertiary/aromatic N) is 2. The number of aromatic nitrogens is 2. The summed E-state index contributed by atoms with van der Waals surface area (Å²) in [6, 6.07) is 10.3. The van der Waals surface area contributed by atoms with Crippen molar-refractivity contribution in [3.8, 4) is 11.1 Å². The highest BCUT2D eigenvalue weighted by molar-refractivity contribution is 9.10. The van der Waals surface area contributed by atoms with Crippen LogP contribution in [0.2, 0.25) is 5.02 Å². The fourth-order valence-electron chi connectivity index (χ4n) is 2.61. The predicted octanol–water partition coefficient (Wildman–Crippen LogP) is 5.19. The lowest BCUT2D eigenvalue weighted by atomic mass is 10.1. The van der Waals surface area contributed by atoms with Crippen molar-refractivity contribution in [3.05, 3.63) is 57.4 Å². The average molecular weight is 427 g/mol. The molecule has 3 rings (SSSR count). The summed E-state index contributed by atoms with van der Waals surface area (Å²) in [5.41, 5.74) is 3.40. The molecule has 7 heteroatoms. The van der Waals surface area contributed by atoms with E-state index in [2.05, 4.69) is 35.6 Å². The molecule has 0 amide bonds. The molecule has 0 saturated heterocycles. The first-order chi connectivity index (χ1) is 11.4. The fraction of sp³-hybridized carbons (Fsp3) is 0.118. The minimum atomic E-state index is -0.292. The van der Waals surface area contributed by atoms with Crippen LogP contribution in [-0.4, -0.2) is 9.78 Å². The van der Waals surface area contributed by atoms with Gasteiger partial charge in [-0.25, -0.2) is 4.39 Å². The van der Waals surface area contributed by atoms with Gasteiger partial charge >= 0.3 is 0 Å². The summed E-state index contributed by atoms with van der Waals surface area (Å²) in [6.45, 7) is 1.92. The number of rotatable bonds is 3. The standard InChI is InChI=1S/C17H15BrClFN3P/c1-9-15(11-7-6-10(20)8-12(11)18)17(23(2)22-9)21-16-13(19)4-3-5-14(16)24/h3-8,21H,24H2,1-2H3. The lowest BCUT2D eigenvalue weighted by Gasteiger charge is -2.14. The van der Waals surface area contributed by atoms with Gasteiger partial charge < -0.3 is 5.32 Å². The second-order valence-electron chi connectivity index (χ2n) is 5.39. The molecule has 124 valence electrons. The molecule has 2 aromatic carbocycles. The van der Waals surface area contributed by atoms with Crippen LogP contribution in [-0.2, 0) is 7.05 Å². The second kappa shape index (κ2) is 6.83. The molecular formula is C17H15BrClFN3P. The molecule has 1 atom stereocenters. The monoisotopic (exact) mass is 425 g/mol. The zero-order valence-electron chi connectivity index (χ0n) is 13.1. The SMILES string of the molecule is Cc1nn(C)c(Nc2c(P)cccc2Cl)c1-c1ccc(F)cc1Br. The summed E-state index contributed by atoms with van der Waals surface area (Å²) >= 11 is 9.77. The number of hydrogen-bond donors (Lipinski definition) is 1. The summed E-state index contributed by atoms with van der Waals surface area (Å²) in [5, 5.41) is 9.43. The van der Waals surface area contributed by atoms with Crippen LogP contribution in [0.4, 0.5) is 15.9 Å². The maximum absolute atomic E-state index is 13.4. The predicted molar refractivity (Wildman–Crippen MR) is 105 cm³/mol. The zero-order chi connectivity index (χ0) is 17.4. The Labute approximate surface area is 155 Å². The van der Waals surface area contributed by atoms with Gasteiger partial charge in [0.15, 0.2) is 0 Å². The highest BCUT2D eigenvalue weighted by Crippen LogP contribution is 2.38. The van der Waals surface area contributed by atoms with Crippen molar-refractivity contribution < 1.29 is 4.39 Å². The van der Waals surface area contributed by atoms with E-state index in [1.807, 2.05) is 32.2 Å². The summed E-state index contributed by atoms with van der Waals surface area (Å²) in [4.78, 5) is 0. The van der Waals surface area contributed by atoms with Gasteiger partial charge in [-0.3, -0.25) is 4.68 Å². The van der Waals surface area contributed by atoms with Crippen LogP contribution in [0, 0.1) is 12.7 Å². The van der Waals surface area contributed by atoms with Gasteiger partial charge in [-0.2, -0.15) is 5.10 Å². The first-order valence-electron chi connectivity index (χ1n) is 7.18. The van der Waals surface area contributed by atoms with Crippen LogP contribution in [0.1, 0.15) is 5.69 Å². The van der Waals surface area contributed by atoms with Gasteiger partial charge in [-0.15, -0.1) is 9.24 Å². The normalized spacial score (nSPS) is 10.9. The molecule has 0 radical (unpaired) electrons. The molecule has 1 N–H and O–H groups in total. The molecular weight excluding hydrogens is 412 g/mol. The molecule has 3 aromatic rings. The molecule has 0 aliphatic carbocycles. The first kappa shape index (κ1) is 17.4. The number of nitrogens with one attached hydrogen (secondary N) is 1. The molecule has 0 spiro atoms. The van der Waals surface area contributed by atoms with Crippen molar-refractivity contribution in [3.63, 3.8) is 0 Å². The summed E-state index contributed by atoms with van der Waals surface area (Å²) in [7, 11) is 4.52. The van der Waals surface area contributed by atoms with Crippen LogP contribution in [0.3, 0.4) is 0 Å². The smallest absolute Gasteiger partial charge is 0.136 e. The van der Waals surface area contributed by atoms with E-state index in [0.29, 0.717) is 9.50 Å². The molecule has 24 heavy (non-hydrogen) atoms. The van der Waals surface area contributed by atoms with Crippen molar-refractivity contribution in [1.82, 2.24) is 9.78 Å². The largest absolute Gasteiger partial charge is 0.338 e. The van der Waals surface area contributed by atoms with E-state index in [1.165, 1.54) is 12.1 Å². The maximum Gasteiger partial charge on any atom is 0.136 e. The van der Waals surface area contributed by atoms with E-state index in [1.54, 1.807) is 10.7 Å². The minimum absolute atomic E-state index is 0.292. The summed E-state index contributed by atoms with van der Waals surface area (Å²) in [5.74, 6) is 0.497. The third-order valence-electron chi connectivity index (χ3n) is 3.71. The summed E-state index contributed by atoms with van der Waals surface area (Å²) in [6.07, 6.45) is 0. The third kappa shape index (κ3) is 3.21. The lowest BCUT2D eigenvalue weighted by Crippen LogP contribution is -2.07. The number of hydrogen-bond acceptors (Lipinski definition) is 2. The van der Waals surface area contributed by atoms with Crippen LogP contribution < -0.4 is 10.6 Å². The van der Waals surface area contributed by atoms with Gasteiger partial charge in [0, 0.05) is 22.6 Å². The number of halogens is 3. The highest BCUT2D eigenvalue weighted by atomic mass is 79.9. The average Bonchev–Trinajstić information content (AvgIpc) is 2.77. The molecule has 0 saturated carbocycles. The Morgan fingerprint density at radius 1 is 1.29 bits per heavy atom. The minimum Gasteiger partial charge on any atom is -0.338 e. The number of benzene rings is 2. The van der Waals surface area contributed by atoms with Gasteiger partial charge in [0.2, 0.25) is 0 Å². The zero-order valence-corrected chi connectivity index (χ0v) is 16.6. The van der Waals surface area contributed by atoms with E-state index in [9.17, 15) is 4.39 Å². The quantitative estimate of drug-likeness (QED) is 0.584. The Morgan fingerprint density at radius 3 is 2.71 bits per heavy atom. The molecule has 1 heterocycles. The van der Waals surface area contributed by atoms with Crippen molar-refractivity contribution >= 4 is 53.6 Å². The van der Waals surface area contributed by atoms with E-state index >= 15 is 0 Å². The molecule has 0 aliphatic rings. The molecule has 3 nitrogen and oxygen atoms in total. The van der Waals surface area contributed by atoms with Crippen LogP contribution in [0.25, 0.3) is 11.1 Å². The Morgan fingerprint density at radius 2 is 2.04 bits per heavy atom. The Balaban J connectivity index is 2.16. The van der Waals surface area contributed by atoms with Gasteiger partial charge in [0.05, 0.1) is 16.4 Å². The van der Waals surface area contributed by atoms with Gasteiger partial charge in [-0.1, -0.05) is 45.7 Å². The van der Waals surface area contributed by atoms with Crippen LogP contribution >= 0.6 is 36.8 Å². The van der Waals surface area contributed by atoms with E-state index < -0.39 is 0 Å². The van der Waals surface area contributed by atoms with Gasteiger partial charge in [-0.05, 0) is 30.4 Å². The summed E-state index contributed by atoms with van der Waals surface area (Å²) < 4.78 is 15.9. The van der Waals surface area contributed by atoms with Crippen LogP contribution in [0.15, 0.2) is 40.9 Å². The van der Waals surface area contributed by atoms with Crippen molar-refractivity contribution in [2.45, 2.75) is 6.92 Å². The van der Waals surface area contributed by atoms with Crippen LogP contribution in [0.5, 0.6) is 0 Å². The molecule has 1 unspecified atom stereocenters. The Bertz CT molecular complexity index is 906. The Hall–Kier alpha value is -1.42. The lowest BCUT2D eigenvalue weighted by molar-refractivity contribution is 0.627. The third-order valence-corrected chi connectivity index (χ3v) is 5.16.